The number of carboxylic acids is 1. The van der Waals surface area contributed by atoms with Crippen molar-refractivity contribution in [3.05, 3.63) is 29.6 Å². The Hall–Kier alpha value is -2.66. The first-order valence-corrected chi connectivity index (χ1v) is 5.59. The van der Waals surface area contributed by atoms with Crippen molar-refractivity contribution in [3.63, 3.8) is 0 Å². The summed E-state index contributed by atoms with van der Waals surface area (Å²) in [5, 5.41) is 30.4. The van der Waals surface area contributed by atoms with Crippen molar-refractivity contribution in [1.29, 1.82) is 5.26 Å². The zero-order valence-corrected chi connectivity index (χ0v) is 10.3. The van der Waals surface area contributed by atoms with Crippen LogP contribution in [0.4, 0.5) is 14.9 Å². The average Bonchev–Trinajstić information content (AvgIpc) is 2.40. The number of carboxylic acid groups (broad SMARTS) is 1. The number of halogens is 1. The Morgan fingerprint density at radius 3 is 2.70 bits per heavy atom. The number of nitriles is 1. The minimum absolute atomic E-state index is 0.0861. The number of hydrogen-bond donors (Lipinski definition) is 4. The molecule has 0 saturated carbocycles. The molecule has 0 aliphatic carbocycles. The lowest BCUT2D eigenvalue weighted by Gasteiger charge is -2.09. The number of anilines is 1. The quantitative estimate of drug-likeness (QED) is 0.631. The van der Waals surface area contributed by atoms with Gasteiger partial charge >= 0.3 is 12.0 Å². The molecule has 4 N–H and O–H groups in total. The third-order valence-corrected chi connectivity index (χ3v) is 2.33. The van der Waals surface area contributed by atoms with Crippen LogP contribution in [0.5, 0.6) is 0 Å². The van der Waals surface area contributed by atoms with Gasteiger partial charge in [0.15, 0.2) is 6.10 Å². The third-order valence-electron chi connectivity index (χ3n) is 2.33. The second kappa shape index (κ2) is 7.06. The van der Waals surface area contributed by atoms with Crippen molar-refractivity contribution in [2.75, 3.05) is 11.9 Å². The van der Waals surface area contributed by atoms with Crippen molar-refractivity contribution in [2.45, 2.75) is 12.5 Å². The van der Waals surface area contributed by atoms with Gasteiger partial charge in [-0.1, -0.05) is 0 Å². The van der Waals surface area contributed by atoms with Gasteiger partial charge in [0.05, 0.1) is 17.3 Å². The molecule has 1 aromatic carbocycles. The van der Waals surface area contributed by atoms with Gasteiger partial charge in [-0.2, -0.15) is 5.26 Å². The van der Waals surface area contributed by atoms with Gasteiger partial charge in [0, 0.05) is 13.0 Å². The van der Waals surface area contributed by atoms with Crippen LogP contribution in [0.25, 0.3) is 0 Å². The minimum Gasteiger partial charge on any atom is -0.479 e. The fraction of sp³-hybridized carbons (Fsp3) is 0.250. The molecule has 0 fully saturated rings. The summed E-state index contributed by atoms with van der Waals surface area (Å²) in [6, 6.07) is 4.56. The molecule has 1 unspecified atom stereocenters. The Morgan fingerprint density at radius 1 is 1.45 bits per heavy atom. The van der Waals surface area contributed by atoms with Gasteiger partial charge in [0.1, 0.15) is 5.82 Å². The Labute approximate surface area is 113 Å². The first-order chi connectivity index (χ1) is 9.43. The zero-order valence-electron chi connectivity index (χ0n) is 10.3. The molecule has 2 amide bonds. The Morgan fingerprint density at radius 2 is 2.15 bits per heavy atom. The molecular weight excluding hydrogens is 269 g/mol. The zero-order chi connectivity index (χ0) is 15.1. The summed E-state index contributed by atoms with van der Waals surface area (Å²) in [4.78, 5) is 21.7. The van der Waals surface area contributed by atoms with Gasteiger partial charge in [-0.05, 0) is 18.2 Å². The molecule has 8 heteroatoms. The van der Waals surface area contributed by atoms with Gasteiger partial charge in [-0.25, -0.2) is 14.0 Å². The molecule has 1 atom stereocenters. The maximum atomic E-state index is 13.4. The van der Waals surface area contributed by atoms with Crippen LogP contribution >= 0.6 is 0 Å². The number of amides is 2. The largest absolute Gasteiger partial charge is 0.479 e. The van der Waals surface area contributed by atoms with Crippen LogP contribution in [0.1, 0.15) is 12.0 Å². The molecule has 7 nitrogen and oxygen atoms in total. The highest BCUT2D eigenvalue weighted by atomic mass is 19.1. The van der Waals surface area contributed by atoms with Crippen LogP contribution in [0.3, 0.4) is 0 Å². The van der Waals surface area contributed by atoms with Gasteiger partial charge in [-0.3, -0.25) is 0 Å². The Kier molecular flexibility index (Phi) is 5.43. The van der Waals surface area contributed by atoms with Crippen molar-refractivity contribution in [1.82, 2.24) is 5.32 Å². The lowest BCUT2D eigenvalue weighted by Crippen LogP contribution is -2.33. The summed E-state index contributed by atoms with van der Waals surface area (Å²) in [5.74, 6) is -2.14. The van der Waals surface area contributed by atoms with Gasteiger partial charge in [-0.15, -0.1) is 0 Å². The summed E-state index contributed by atoms with van der Waals surface area (Å²) in [6.45, 7) is -0.0861. The summed E-state index contributed by atoms with van der Waals surface area (Å²) in [6.07, 6.45) is -1.74. The van der Waals surface area contributed by atoms with E-state index in [1.165, 1.54) is 12.1 Å². The number of hydrogen-bond acceptors (Lipinski definition) is 4. The predicted molar refractivity (Wildman–Crippen MR) is 66.4 cm³/mol. The fourth-order valence-electron chi connectivity index (χ4n) is 1.30. The molecule has 0 aromatic heterocycles. The molecule has 0 spiro atoms. The van der Waals surface area contributed by atoms with Crippen LogP contribution in [0.2, 0.25) is 0 Å². The van der Waals surface area contributed by atoms with Crippen molar-refractivity contribution in [3.8, 4) is 6.07 Å². The fourth-order valence-corrected chi connectivity index (χ4v) is 1.30. The second-order valence-corrected chi connectivity index (χ2v) is 3.83. The molecule has 20 heavy (non-hydrogen) atoms. The maximum absolute atomic E-state index is 13.4. The summed E-state index contributed by atoms with van der Waals surface area (Å²) < 4.78 is 13.4. The molecule has 0 aliphatic heterocycles. The van der Waals surface area contributed by atoms with Crippen LogP contribution < -0.4 is 10.6 Å². The van der Waals surface area contributed by atoms with E-state index >= 15 is 0 Å². The molecule has 0 aliphatic rings. The smallest absolute Gasteiger partial charge is 0.332 e. The van der Waals surface area contributed by atoms with E-state index < -0.39 is 23.9 Å². The molecule has 0 saturated heterocycles. The van der Waals surface area contributed by atoms with Crippen LogP contribution in [-0.2, 0) is 4.79 Å². The SMILES string of the molecule is N#Cc1ccc(NC(=O)NCCC(O)C(=O)O)c(F)c1. The number of aliphatic carboxylic acids is 1. The van der Waals surface area contributed by atoms with Gasteiger partial charge in [0.2, 0.25) is 0 Å². The van der Waals surface area contributed by atoms with E-state index in [1.54, 1.807) is 6.07 Å². The number of benzene rings is 1. The van der Waals surface area contributed by atoms with E-state index in [-0.39, 0.29) is 24.2 Å². The molecule has 0 bridgehead atoms. The first-order valence-electron chi connectivity index (χ1n) is 5.59. The minimum atomic E-state index is -1.57. The van der Waals surface area contributed by atoms with Crippen LogP contribution in [0.15, 0.2) is 18.2 Å². The van der Waals surface area contributed by atoms with Crippen LogP contribution in [-0.4, -0.2) is 34.9 Å². The van der Waals surface area contributed by atoms with E-state index in [1.807, 2.05) is 0 Å². The molecular formula is C12H12FN3O4. The summed E-state index contributed by atoms with van der Waals surface area (Å²) in [5.41, 5.74) is 0.0123. The number of rotatable bonds is 5. The number of nitrogens with one attached hydrogen (secondary N) is 2. The third kappa shape index (κ3) is 4.55. The first kappa shape index (κ1) is 15.4. The van der Waals surface area contributed by atoms with Crippen molar-refractivity contribution < 1.29 is 24.2 Å². The van der Waals surface area contributed by atoms with Crippen molar-refractivity contribution >= 4 is 17.7 Å². The van der Waals surface area contributed by atoms with E-state index in [0.717, 1.165) is 6.07 Å². The average molecular weight is 281 g/mol. The maximum Gasteiger partial charge on any atom is 0.332 e. The molecule has 106 valence electrons. The predicted octanol–water partition coefficient (Wildman–Crippen LogP) is 0.654. The van der Waals surface area contributed by atoms with Gasteiger partial charge in [0.25, 0.3) is 0 Å². The molecule has 1 aromatic rings. The summed E-state index contributed by atoms with van der Waals surface area (Å²) >= 11 is 0. The second-order valence-electron chi connectivity index (χ2n) is 3.83. The van der Waals surface area contributed by atoms with E-state index in [4.69, 9.17) is 15.5 Å². The van der Waals surface area contributed by atoms with E-state index in [2.05, 4.69) is 10.6 Å². The standard InChI is InChI=1S/C12H12FN3O4/c13-8-5-7(6-14)1-2-9(8)16-12(20)15-4-3-10(17)11(18)19/h1-2,5,10,17H,3-4H2,(H,18,19)(H2,15,16,20). The number of aliphatic hydroxyl groups excluding tert-OH is 1. The topological polar surface area (TPSA) is 122 Å². The van der Waals surface area contributed by atoms with Crippen molar-refractivity contribution in [2.24, 2.45) is 0 Å². The highest BCUT2D eigenvalue weighted by Crippen LogP contribution is 2.14. The molecule has 0 radical (unpaired) electrons. The van der Waals surface area contributed by atoms with E-state index in [9.17, 15) is 14.0 Å². The Bertz CT molecular complexity index is 556. The number of aliphatic hydroxyl groups is 1. The molecule has 0 heterocycles. The lowest BCUT2D eigenvalue weighted by atomic mass is 10.2. The normalized spacial score (nSPS) is 11.2. The number of carbonyl (C=O) groups excluding carboxylic acids is 1. The monoisotopic (exact) mass is 281 g/mol. The number of carbonyl (C=O) groups is 2. The number of nitrogens with zero attached hydrogens (tertiary/aromatic N) is 1. The van der Waals surface area contributed by atoms with Crippen LogP contribution in [0, 0.1) is 17.1 Å². The number of urea groups is 1. The summed E-state index contributed by atoms with van der Waals surface area (Å²) in [7, 11) is 0. The lowest BCUT2D eigenvalue weighted by molar-refractivity contribution is -0.146. The highest BCUT2D eigenvalue weighted by Gasteiger charge is 2.13. The van der Waals surface area contributed by atoms with E-state index in [0.29, 0.717) is 0 Å². The molecule has 1 rings (SSSR count). The highest BCUT2D eigenvalue weighted by molar-refractivity contribution is 5.89. The van der Waals surface area contributed by atoms with Gasteiger partial charge < -0.3 is 20.8 Å². The Balaban J connectivity index is 2.47.